The Morgan fingerprint density at radius 1 is 1.47 bits per heavy atom. The number of carboxylic acids is 1. The summed E-state index contributed by atoms with van der Waals surface area (Å²) in [6.45, 7) is 6.03. The van der Waals surface area contributed by atoms with Crippen LogP contribution in [0.5, 0.6) is 0 Å². The van der Waals surface area contributed by atoms with Crippen LogP contribution in [0.1, 0.15) is 32.6 Å². The lowest BCUT2D eigenvalue weighted by molar-refractivity contribution is -0.139. The first-order valence-electron chi connectivity index (χ1n) is 5.92. The van der Waals surface area contributed by atoms with Crippen molar-refractivity contribution in [2.75, 3.05) is 26.2 Å². The molecule has 0 bridgehead atoms. The molecular formula is C11H22N2O2. The predicted octanol–water partition coefficient (Wildman–Crippen LogP) is 0.925. The number of nitrogens with zero attached hydrogens (tertiary/aromatic N) is 1. The quantitative estimate of drug-likeness (QED) is 0.662. The van der Waals surface area contributed by atoms with Crippen molar-refractivity contribution < 1.29 is 9.90 Å². The van der Waals surface area contributed by atoms with Crippen molar-refractivity contribution in [1.82, 2.24) is 10.2 Å². The van der Waals surface area contributed by atoms with Crippen LogP contribution >= 0.6 is 0 Å². The highest BCUT2D eigenvalue weighted by molar-refractivity contribution is 5.73. The summed E-state index contributed by atoms with van der Waals surface area (Å²) < 4.78 is 0. The third-order valence-corrected chi connectivity index (χ3v) is 2.87. The smallest absolute Gasteiger partial charge is 0.320 e. The number of aliphatic carboxylic acids is 1. The molecule has 1 atom stereocenters. The van der Waals surface area contributed by atoms with Gasteiger partial charge in [-0.2, -0.15) is 0 Å². The Kier molecular flexibility index (Phi) is 5.65. The van der Waals surface area contributed by atoms with Gasteiger partial charge < -0.3 is 15.3 Å². The van der Waals surface area contributed by atoms with E-state index in [-0.39, 0.29) is 6.04 Å². The van der Waals surface area contributed by atoms with Crippen molar-refractivity contribution in [1.29, 1.82) is 0 Å². The lowest BCUT2D eigenvalue weighted by Gasteiger charge is -2.18. The van der Waals surface area contributed by atoms with E-state index in [1.807, 2.05) is 6.92 Å². The molecule has 1 fully saturated rings. The van der Waals surface area contributed by atoms with Gasteiger partial charge in [-0.25, -0.2) is 0 Å². The van der Waals surface area contributed by atoms with E-state index in [1.165, 1.54) is 12.8 Å². The fourth-order valence-corrected chi connectivity index (χ4v) is 1.95. The number of carbonyl (C=O) groups is 1. The van der Waals surface area contributed by atoms with Crippen LogP contribution in [0.15, 0.2) is 0 Å². The highest BCUT2D eigenvalue weighted by Crippen LogP contribution is 2.08. The first kappa shape index (κ1) is 12.5. The van der Waals surface area contributed by atoms with E-state index in [2.05, 4.69) is 10.2 Å². The molecule has 0 aliphatic carbocycles. The van der Waals surface area contributed by atoms with Gasteiger partial charge in [-0.3, -0.25) is 4.79 Å². The zero-order valence-electron chi connectivity index (χ0n) is 9.54. The molecule has 4 heteroatoms. The minimum atomic E-state index is -0.720. The summed E-state index contributed by atoms with van der Waals surface area (Å²) in [7, 11) is 0. The second-order valence-corrected chi connectivity index (χ2v) is 4.18. The SMILES string of the molecule is CCCNC(CCN1CCCC1)C(=O)O. The Morgan fingerprint density at radius 3 is 2.67 bits per heavy atom. The van der Waals surface area contributed by atoms with E-state index >= 15 is 0 Å². The number of carboxylic acid groups (broad SMARTS) is 1. The fraction of sp³-hybridized carbons (Fsp3) is 0.909. The van der Waals surface area contributed by atoms with Crippen LogP contribution in [-0.2, 0) is 4.79 Å². The Hall–Kier alpha value is -0.610. The van der Waals surface area contributed by atoms with E-state index in [9.17, 15) is 4.79 Å². The van der Waals surface area contributed by atoms with E-state index in [1.54, 1.807) is 0 Å². The average Bonchev–Trinajstić information content (AvgIpc) is 2.70. The van der Waals surface area contributed by atoms with Crippen LogP contribution in [-0.4, -0.2) is 48.2 Å². The van der Waals surface area contributed by atoms with Crippen LogP contribution < -0.4 is 5.32 Å². The third-order valence-electron chi connectivity index (χ3n) is 2.87. The van der Waals surface area contributed by atoms with Crippen LogP contribution in [0.4, 0.5) is 0 Å². The van der Waals surface area contributed by atoms with E-state index in [4.69, 9.17) is 5.11 Å². The van der Waals surface area contributed by atoms with Crippen molar-refractivity contribution >= 4 is 5.97 Å². The van der Waals surface area contributed by atoms with Gasteiger partial charge in [0.2, 0.25) is 0 Å². The zero-order valence-corrected chi connectivity index (χ0v) is 9.54. The maximum atomic E-state index is 10.9. The Labute approximate surface area is 91.6 Å². The van der Waals surface area contributed by atoms with E-state index < -0.39 is 5.97 Å². The van der Waals surface area contributed by atoms with Gasteiger partial charge in [-0.1, -0.05) is 6.92 Å². The highest BCUT2D eigenvalue weighted by atomic mass is 16.4. The van der Waals surface area contributed by atoms with Crippen LogP contribution in [0.3, 0.4) is 0 Å². The lowest BCUT2D eigenvalue weighted by Crippen LogP contribution is -2.39. The van der Waals surface area contributed by atoms with Gasteiger partial charge in [0.05, 0.1) is 0 Å². The summed E-state index contributed by atoms with van der Waals surface area (Å²) in [5.74, 6) is -0.720. The predicted molar refractivity (Wildman–Crippen MR) is 60.0 cm³/mol. The van der Waals surface area contributed by atoms with Gasteiger partial charge in [-0.15, -0.1) is 0 Å². The van der Waals surface area contributed by atoms with Gasteiger partial charge in [0.25, 0.3) is 0 Å². The standard InChI is InChI=1S/C11H22N2O2/c1-2-6-12-10(11(14)15)5-9-13-7-3-4-8-13/h10,12H,2-9H2,1H3,(H,14,15). The van der Waals surface area contributed by atoms with Crippen molar-refractivity contribution in [3.63, 3.8) is 0 Å². The largest absolute Gasteiger partial charge is 0.480 e. The second kappa shape index (κ2) is 6.80. The average molecular weight is 214 g/mol. The third kappa shape index (κ3) is 4.62. The highest BCUT2D eigenvalue weighted by Gasteiger charge is 2.18. The fourth-order valence-electron chi connectivity index (χ4n) is 1.95. The number of hydrogen-bond donors (Lipinski definition) is 2. The monoisotopic (exact) mass is 214 g/mol. The van der Waals surface area contributed by atoms with Gasteiger partial charge in [0.15, 0.2) is 0 Å². The van der Waals surface area contributed by atoms with Gasteiger partial charge in [0, 0.05) is 6.54 Å². The molecular weight excluding hydrogens is 192 g/mol. The Morgan fingerprint density at radius 2 is 2.13 bits per heavy atom. The molecule has 0 aromatic carbocycles. The lowest BCUT2D eigenvalue weighted by atomic mass is 10.2. The van der Waals surface area contributed by atoms with Gasteiger partial charge >= 0.3 is 5.97 Å². The molecule has 0 saturated carbocycles. The molecule has 0 amide bonds. The van der Waals surface area contributed by atoms with Gasteiger partial charge in [0.1, 0.15) is 6.04 Å². The minimum Gasteiger partial charge on any atom is -0.480 e. The topological polar surface area (TPSA) is 52.6 Å². The summed E-state index contributed by atoms with van der Waals surface area (Å²) >= 11 is 0. The first-order valence-corrected chi connectivity index (χ1v) is 5.92. The molecule has 2 N–H and O–H groups in total. The van der Waals surface area contributed by atoms with Crippen molar-refractivity contribution in [2.24, 2.45) is 0 Å². The molecule has 0 radical (unpaired) electrons. The Bertz CT molecular complexity index is 191. The second-order valence-electron chi connectivity index (χ2n) is 4.18. The summed E-state index contributed by atoms with van der Waals surface area (Å²) in [6.07, 6.45) is 4.23. The van der Waals surface area contributed by atoms with Crippen molar-refractivity contribution in [2.45, 2.75) is 38.6 Å². The van der Waals surface area contributed by atoms with Crippen LogP contribution in [0.25, 0.3) is 0 Å². The molecule has 15 heavy (non-hydrogen) atoms. The maximum Gasteiger partial charge on any atom is 0.320 e. The summed E-state index contributed by atoms with van der Waals surface area (Å²) in [6, 6.07) is -0.370. The molecule has 0 aromatic rings. The van der Waals surface area contributed by atoms with Crippen molar-refractivity contribution in [3.8, 4) is 0 Å². The van der Waals surface area contributed by atoms with Crippen LogP contribution in [0, 0.1) is 0 Å². The van der Waals surface area contributed by atoms with E-state index in [0.717, 1.165) is 39.0 Å². The number of hydrogen-bond acceptors (Lipinski definition) is 3. The summed E-state index contributed by atoms with van der Waals surface area (Å²) in [5.41, 5.74) is 0. The molecule has 1 aliphatic rings. The molecule has 0 aromatic heterocycles. The molecule has 88 valence electrons. The molecule has 4 nitrogen and oxygen atoms in total. The number of nitrogens with one attached hydrogen (secondary N) is 1. The molecule has 1 unspecified atom stereocenters. The zero-order chi connectivity index (χ0) is 11.1. The molecule has 1 saturated heterocycles. The Balaban J connectivity index is 2.20. The molecule has 1 rings (SSSR count). The number of rotatable bonds is 7. The molecule has 1 aliphatic heterocycles. The van der Waals surface area contributed by atoms with E-state index in [0.29, 0.717) is 0 Å². The number of likely N-dealkylation sites (tertiary alicyclic amines) is 1. The minimum absolute atomic E-state index is 0.370. The summed E-state index contributed by atoms with van der Waals surface area (Å²) in [5, 5.41) is 12.1. The van der Waals surface area contributed by atoms with Crippen molar-refractivity contribution in [3.05, 3.63) is 0 Å². The maximum absolute atomic E-state index is 10.9. The van der Waals surface area contributed by atoms with Gasteiger partial charge in [-0.05, 0) is 45.3 Å². The molecule has 1 heterocycles. The summed E-state index contributed by atoms with van der Waals surface area (Å²) in [4.78, 5) is 13.3. The van der Waals surface area contributed by atoms with Crippen LogP contribution in [0.2, 0.25) is 0 Å². The molecule has 0 spiro atoms. The normalized spacial score (nSPS) is 19.3. The first-order chi connectivity index (χ1) is 7.24.